The van der Waals surface area contributed by atoms with Crippen LogP contribution >= 0.6 is 23.2 Å². The van der Waals surface area contributed by atoms with Crippen molar-refractivity contribution in [2.24, 2.45) is 0 Å². The average molecular weight is 453 g/mol. The Kier molecular flexibility index (Phi) is 6.33. The minimum absolute atomic E-state index is 0.232. The van der Waals surface area contributed by atoms with Crippen molar-refractivity contribution in [3.8, 4) is 29.3 Å². The van der Waals surface area contributed by atoms with E-state index in [4.69, 9.17) is 29.6 Å². The zero-order valence-electron chi connectivity index (χ0n) is 17.2. The summed E-state index contributed by atoms with van der Waals surface area (Å²) in [5, 5.41) is 7.60. The third kappa shape index (κ3) is 4.47. The van der Waals surface area contributed by atoms with Crippen LogP contribution in [0.4, 0.5) is 0 Å². The van der Waals surface area contributed by atoms with Crippen molar-refractivity contribution < 1.29 is 4.79 Å². The number of piperidine rings is 1. The van der Waals surface area contributed by atoms with E-state index in [1.807, 2.05) is 36.2 Å². The predicted molar refractivity (Wildman–Crippen MR) is 125 cm³/mol. The van der Waals surface area contributed by atoms with Gasteiger partial charge in [-0.3, -0.25) is 10.2 Å². The van der Waals surface area contributed by atoms with E-state index in [9.17, 15) is 4.79 Å². The Balaban J connectivity index is 1.81. The zero-order chi connectivity index (χ0) is 22.0. The summed E-state index contributed by atoms with van der Waals surface area (Å²) in [5.74, 6) is 2.39. The fourth-order valence-electron chi connectivity index (χ4n) is 3.80. The summed E-state index contributed by atoms with van der Waals surface area (Å²) in [5.41, 5.74) is 7.19. The monoisotopic (exact) mass is 452 g/mol. The SMILES string of the molecule is C#Cc1ccc(-c2c(C)c(C(=O)NN3CCCCC3)nn2-c2ccc(Cl)cc2Cl)cc1. The molecule has 1 aliphatic heterocycles. The molecule has 1 N–H and O–H groups in total. The molecule has 1 aliphatic rings. The van der Waals surface area contributed by atoms with Crippen LogP contribution < -0.4 is 5.43 Å². The molecule has 158 valence electrons. The number of hydrogen-bond acceptors (Lipinski definition) is 3. The molecule has 1 fully saturated rings. The van der Waals surface area contributed by atoms with Crippen molar-refractivity contribution in [2.45, 2.75) is 26.2 Å². The summed E-state index contributed by atoms with van der Waals surface area (Å²) < 4.78 is 1.70. The number of nitrogens with zero attached hydrogens (tertiary/aromatic N) is 3. The quantitative estimate of drug-likeness (QED) is 0.548. The fourth-order valence-corrected chi connectivity index (χ4v) is 4.29. The van der Waals surface area contributed by atoms with Gasteiger partial charge < -0.3 is 0 Å². The average Bonchev–Trinajstić information content (AvgIpc) is 3.11. The van der Waals surface area contributed by atoms with Gasteiger partial charge in [-0.2, -0.15) is 5.10 Å². The smallest absolute Gasteiger partial charge is 0.283 e. The standard InChI is InChI=1S/C24H22Cl2N4O/c1-3-17-7-9-18(10-8-17)23-16(2)22(24(31)28-29-13-5-4-6-14-29)27-30(23)21-12-11-19(25)15-20(21)26/h1,7-12,15H,4-6,13-14H2,2H3,(H,28,31). The van der Waals surface area contributed by atoms with Crippen LogP contribution in [-0.2, 0) is 0 Å². The Bertz CT molecular complexity index is 1160. The van der Waals surface area contributed by atoms with Crippen LogP contribution in [0.1, 0.15) is 40.9 Å². The van der Waals surface area contributed by atoms with Crippen LogP contribution in [0, 0.1) is 19.3 Å². The highest BCUT2D eigenvalue weighted by atomic mass is 35.5. The van der Waals surface area contributed by atoms with Gasteiger partial charge >= 0.3 is 0 Å². The van der Waals surface area contributed by atoms with Gasteiger partial charge in [-0.1, -0.05) is 47.7 Å². The lowest BCUT2D eigenvalue weighted by Gasteiger charge is -2.26. The second kappa shape index (κ2) is 9.15. The maximum Gasteiger partial charge on any atom is 0.286 e. The first kappa shape index (κ1) is 21.5. The van der Waals surface area contributed by atoms with Crippen molar-refractivity contribution in [3.05, 3.63) is 69.3 Å². The summed E-state index contributed by atoms with van der Waals surface area (Å²) in [6.07, 6.45) is 8.83. The Hall–Kier alpha value is -2.78. The van der Waals surface area contributed by atoms with Crippen molar-refractivity contribution >= 4 is 29.1 Å². The van der Waals surface area contributed by atoms with Gasteiger partial charge in [0.25, 0.3) is 5.91 Å². The lowest BCUT2D eigenvalue weighted by atomic mass is 10.0. The van der Waals surface area contributed by atoms with Crippen molar-refractivity contribution in [3.63, 3.8) is 0 Å². The topological polar surface area (TPSA) is 50.2 Å². The third-order valence-electron chi connectivity index (χ3n) is 5.42. The number of aromatic nitrogens is 2. The number of amides is 1. The van der Waals surface area contributed by atoms with E-state index < -0.39 is 0 Å². The molecule has 1 amide bonds. The van der Waals surface area contributed by atoms with Crippen molar-refractivity contribution in [1.29, 1.82) is 0 Å². The molecule has 0 spiro atoms. The lowest BCUT2D eigenvalue weighted by molar-refractivity contribution is 0.0743. The Morgan fingerprint density at radius 3 is 2.45 bits per heavy atom. The highest BCUT2D eigenvalue weighted by molar-refractivity contribution is 6.35. The maximum atomic E-state index is 13.1. The van der Waals surface area contributed by atoms with Crippen molar-refractivity contribution in [2.75, 3.05) is 13.1 Å². The molecule has 7 heteroatoms. The molecule has 0 atom stereocenters. The highest BCUT2D eigenvalue weighted by Crippen LogP contribution is 2.32. The molecule has 0 saturated carbocycles. The molecule has 4 rings (SSSR count). The summed E-state index contributed by atoms with van der Waals surface area (Å²) >= 11 is 12.6. The highest BCUT2D eigenvalue weighted by Gasteiger charge is 2.24. The normalized spacial score (nSPS) is 14.3. The Morgan fingerprint density at radius 2 is 1.81 bits per heavy atom. The molecule has 3 aromatic rings. The van der Waals surface area contributed by atoms with Gasteiger partial charge in [0.1, 0.15) is 0 Å². The molecule has 2 heterocycles. The summed E-state index contributed by atoms with van der Waals surface area (Å²) in [6.45, 7) is 3.58. The number of halogens is 2. The fraction of sp³-hybridized carbons (Fsp3) is 0.250. The number of nitrogens with one attached hydrogen (secondary N) is 1. The third-order valence-corrected chi connectivity index (χ3v) is 5.95. The first-order chi connectivity index (χ1) is 15.0. The Labute approximate surface area is 191 Å². The second-order valence-electron chi connectivity index (χ2n) is 7.54. The molecule has 31 heavy (non-hydrogen) atoms. The van der Waals surface area contributed by atoms with Gasteiger partial charge in [-0.05, 0) is 50.1 Å². The molecule has 1 saturated heterocycles. The molecule has 1 aromatic heterocycles. The van der Waals surface area contributed by atoms with Crippen LogP contribution in [0.25, 0.3) is 16.9 Å². The molecule has 2 aromatic carbocycles. The van der Waals surface area contributed by atoms with E-state index >= 15 is 0 Å². The minimum atomic E-state index is -0.232. The predicted octanol–water partition coefficient (Wildman–Crippen LogP) is 5.27. The number of carbonyl (C=O) groups is 1. The van der Waals surface area contributed by atoms with Gasteiger partial charge in [-0.25, -0.2) is 9.69 Å². The van der Waals surface area contributed by atoms with E-state index in [1.54, 1.807) is 22.9 Å². The minimum Gasteiger partial charge on any atom is -0.283 e. The molecular formula is C24H22Cl2N4O. The van der Waals surface area contributed by atoms with Gasteiger partial charge in [0.15, 0.2) is 5.69 Å². The second-order valence-corrected chi connectivity index (χ2v) is 8.38. The van der Waals surface area contributed by atoms with Gasteiger partial charge in [0.05, 0.1) is 16.4 Å². The van der Waals surface area contributed by atoms with Crippen LogP contribution in [0.3, 0.4) is 0 Å². The van der Waals surface area contributed by atoms with Gasteiger partial charge in [0.2, 0.25) is 0 Å². The van der Waals surface area contributed by atoms with E-state index in [0.29, 0.717) is 21.4 Å². The summed E-state index contributed by atoms with van der Waals surface area (Å²) in [7, 11) is 0. The van der Waals surface area contributed by atoms with Gasteiger partial charge in [0, 0.05) is 34.8 Å². The van der Waals surface area contributed by atoms with Gasteiger partial charge in [-0.15, -0.1) is 6.42 Å². The van der Waals surface area contributed by atoms with E-state index in [2.05, 4.69) is 16.4 Å². The van der Waals surface area contributed by atoms with E-state index in [0.717, 1.165) is 48.3 Å². The largest absolute Gasteiger partial charge is 0.286 e. The molecule has 5 nitrogen and oxygen atoms in total. The molecule has 0 bridgehead atoms. The molecule has 0 radical (unpaired) electrons. The maximum absolute atomic E-state index is 13.1. The summed E-state index contributed by atoms with van der Waals surface area (Å²) in [4.78, 5) is 13.1. The van der Waals surface area contributed by atoms with E-state index in [1.165, 1.54) is 6.42 Å². The number of rotatable bonds is 4. The number of hydrogen-bond donors (Lipinski definition) is 1. The first-order valence-electron chi connectivity index (χ1n) is 10.2. The molecular weight excluding hydrogens is 431 g/mol. The summed E-state index contributed by atoms with van der Waals surface area (Å²) in [6, 6.07) is 12.8. The Morgan fingerprint density at radius 1 is 1.10 bits per heavy atom. The number of hydrazine groups is 1. The van der Waals surface area contributed by atoms with Crippen molar-refractivity contribution in [1.82, 2.24) is 20.2 Å². The number of benzene rings is 2. The van der Waals surface area contributed by atoms with Crippen LogP contribution in [0.5, 0.6) is 0 Å². The van der Waals surface area contributed by atoms with E-state index in [-0.39, 0.29) is 5.91 Å². The van der Waals surface area contributed by atoms with Crippen LogP contribution in [-0.4, -0.2) is 33.8 Å². The van der Waals surface area contributed by atoms with Crippen LogP contribution in [0.2, 0.25) is 10.0 Å². The number of carbonyl (C=O) groups excluding carboxylic acids is 1. The number of terminal acetylenes is 1. The zero-order valence-corrected chi connectivity index (χ0v) is 18.7. The molecule has 0 unspecified atom stereocenters. The first-order valence-corrected chi connectivity index (χ1v) is 10.9. The lowest BCUT2D eigenvalue weighted by Crippen LogP contribution is -2.45. The van der Waals surface area contributed by atoms with Crippen LogP contribution in [0.15, 0.2) is 42.5 Å². The molecule has 0 aliphatic carbocycles.